The third-order valence-electron chi connectivity index (χ3n) is 3.08. The van der Waals surface area contributed by atoms with Crippen molar-refractivity contribution in [1.29, 1.82) is 0 Å². The Morgan fingerprint density at radius 2 is 0.952 bits per heavy atom. The molecule has 0 aliphatic carbocycles. The maximum Gasteiger partial charge on any atom is 0.0594 e. The highest BCUT2D eigenvalue weighted by atomic mass is 16.5. The summed E-state index contributed by atoms with van der Waals surface area (Å²) in [5.41, 5.74) is 0.0417. The van der Waals surface area contributed by atoms with Crippen LogP contribution in [0.5, 0.6) is 0 Å². The molecule has 132 valence electrons. The molecule has 0 saturated heterocycles. The average molecular weight is 305 g/mol. The third-order valence-corrected chi connectivity index (χ3v) is 3.08. The zero-order valence-electron chi connectivity index (χ0n) is 16.1. The van der Waals surface area contributed by atoms with Gasteiger partial charge in [0.15, 0.2) is 0 Å². The van der Waals surface area contributed by atoms with E-state index in [0.29, 0.717) is 6.61 Å². The van der Waals surface area contributed by atoms with Gasteiger partial charge in [-0.1, -0.05) is 78.6 Å². The number of aliphatic hydroxyl groups excluding tert-OH is 1. The number of aliphatic hydroxyl groups is 1. The first-order chi connectivity index (χ1) is 9.89. The number of hydrogen-bond donors (Lipinski definition) is 1. The van der Waals surface area contributed by atoms with Crippen molar-refractivity contribution in [2.24, 2.45) is 0 Å². The van der Waals surface area contributed by atoms with Crippen LogP contribution in [0.2, 0.25) is 0 Å². The molecule has 1 N–H and O–H groups in total. The summed E-state index contributed by atoms with van der Waals surface area (Å²) in [6.45, 7) is 13.1. The minimum Gasteiger partial charge on any atom is -0.396 e. The highest BCUT2D eigenvalue weighted by molar-refractivity contribution is 4.55. The second-order valence-electron chi connectivity index (χ2n) is 6.51. The summed E-state index contributed by atoms with van der Waals surface area (Å²) < 4.78 is 4.94. The molecule has 0 aliphatic rings. The fourth-order valence-corrected chi connectivity index (χ4v) is 1.39. The van der Waals surface area contributed by atoms with Gasteiger partial charge in [0.05, 0.1) is 5.60 Å². The smallest absolute Gasteiger partial charge is 0.0594 e. The molecule has 0 aliphatic heterocycles. The van der Waals surface area contributed by atoms with Gasteiger partial charge in [0.25, 0.3) is 0 Å². The largest absolute Gasteiger partial charge is 0.396 e. The van der Waals surface area contributed by atoms with E-state index in [4.69, 9.17) is 9.84 Å². The van der Waals surface area contributed by atoms with E-state index in [2.05, 4.69) is 20.8 Å². The first-order valence-electron chi connectivity index (χ1n) is 9.05. The molecule has 0 unspecified atom stereocenters. The quantitative estimate of drug-likeness (QED) is 0.502. The summed E-state index contributed by atoms with van der Waals surface area (Å²) in [5.74, 6) is 0. The van der Waals surface area contributed by atoms with Crippen molar-refractivity contribution in [2.45, 2.75) is 111 Å². The highest BCUT2D eigenvalue weighted by Crippen LogP contribution is 2.03. The lowest BCUT2D eigenvalue weighted by Gasteiger charge is -2.14. The van der Waals surface area contributed by atoms with Crippen LogP contribution in [0.4, 0.5) is 0 Å². The topological polar surface area (TPSA) is 29.5 Å². The first-order valence-corrected chi connectivity index (χ1v) is 9.05. The monoisotopic (exact) mass is 304 g/mol. The average Bonchev–Trinajstić information content (AvgIpc) is 2.45. The lowest BCUT2D eigenvalue weighted by Crippen LogP contribution is -2.15. The van der Waals surface area contributed by atoms with Crippen LogP contribution < -0.4 is 0 Å². The molecule has 0 saturated carbocycles. The van der Waals surface area contributed by atoms with E-state index in [0.717, 1.165) is 6.42 Å². The van der Waals surface area contributed by atoms with Gasteiger partial charge in [-0.2, -0.15) is 0 Å². The fraction of sp³-hybridized carbons (Fsp3) is 1.00. The summed E-state index contributed by atoms with van der Waals surface area (Å²) in [5, 5.41) is 8.42. The number of methoxy groups -OCH3 is 1. The summed E-state index contributed by atoms with van der Waals surface area (Å²) in [6.07, 6.45) is 13.0. The molecule has 0 fully saturated rings. The zero-order valence-corrected chi connectivity index (χ0v) is 16.1. The number of unbranched alkanes of at least 4 members (excludes halogenated alkanes) is 8. The van der Waals surface area contributed by atoms with Gasteiger partial charge in [0, 0.05) is 13.7 Å². The number of ether oxygens (including phenoxy) is 1. The Labute approximate surface area is 135 Å². The molecule has 0 atom stereocenters. The molecule has 0 rings (SSSR count). The van der Waals surface area contributed by atoms with Crippen molar-refractivity contribution >= 4 is 0 Å². The zero-order chi connectivity index (χ0) is 17.0. The Bertz CT molecular complexity index is 140. The Morgan fingerprint density at radius 3 is 1.24 bits per heavy atom. The van der Waals surface area contributed by atoms with Crippen LogP contribution >= 0.6 is 0 Å². The van der Waals surface area contributed by atoms with Gasteiger partial charge < -0.3 is 9.84 Å². The molecular formula is C19H44O2. The maximum absolute atomic E-state index is 8.42. The second-order valence-corrected chi connectivity index (χ2v) is 6.51. The van der Waals surface area contributed by atoms with Crippen LogP contribution in [-0.4, -0.2) is 24.4 Å². The van der Waals surface area contributed by atoms with Crippen LogP contribution in [0, 0.1) is 0 Å². The van der Waals surface area contributed by atoms with Gasteiger partial charge in [0.2, 0.25) is 0 Å². The molecular weight excluding hydrogens is 260 g/mol. The van der Waals surface area contributed by atoms with Crippen LogP contribution in [0.25, 0.3) is 0 Å². The molecule has 0 aromatic heterocycles. The standard InChI is InChI=1S/C8H18O.C6H14.C5H12O/c1-2-3-4-5-6-7-8-9;1-3-5-6-4-2;1-5(2,3)6-4/h9H,2-8H2,1H3;3-6H2,1-2H3;1-4H3. The van der Waals surface area contributed by atoms with Crippen molar-refractivity contribution in [1.82, 2.24) is 0 Å². The Hall–Kier alpha value is -0.0800. The molecule has 0 radical (unpaired) electrons. The Kier molecular flexibility index (Phi) is 27.3. The Morgan fingerprint density at radius 1 is 0.667 bits per heavy atom. The maximum atomic E-state index is 8.42. The summed E-state index contributed by atoms with van der Waals surface area (Å²) in [7, 11) is 1.71. The fourth-order valence-electron chi connectivity index (χ4n) is 1.39. The molecule has 0 amide bonds. The van der Waals surface area contributed by atoms with E-state index in [1.165, 1.54) is 57.8 Å². The molecule has 21 heavy (non-hydrogen) atoms. The lowest BCUT2D eigenvalue weighted by molar-refractivity contribution is 0.0397. The molecule has 0 bridgehead atoms. The van der Waals surface area contributed by atoms with Crippen LogP contribution in [0.15, 0.2) is 0 Å². The summed E-state index contributed by atoms with van der Waals surface area (Å²) in [6, 6.07) is 0. The third kappa shape index (κ3) is 45.0. The molecule has 0 aromatic carbocycles. The van der Waals surface area contributed by atoms with Crippen LogP contribution in [-0.2, 0) is 4.74 Å². The SMILES string of the molecule is CCCCCC.CCCCCCCCO.COC(C)(C)C. The van der Waals surface area contributed by atoms with E-state index in [-0.39, 0.29) is 5.60 Å². The van der Waals surface area contributed by atoms with E-state index in [9.17, 15) is 0 Å². The Balaban J connectivity index is -0.000000240. The van der Waals surface area contributed by atoms with E-state index >= 15 is 0 Å². The predicted octanol–water partition coefficient (Wildman–Crippen LogP) is 6.36. The van der Waals surface area contributed by atoms with E-state index in [1.807, 2.05) is 20.8 Å². The van der Waals surface area contributed by atoms with Gasteiger partial charge in [-0.25, -0.2) is 0 Å². The normalized spacial score (nSPS) is 10.3. The van der Waals surface area contributed by atoms with E-state index < -0.39 is 0 Å². The molecule has 0 aromatic rings. The number of rotatable bonds is 9. The van der Waals surface area contributed by atoms with Gasteiger partial charge >= 0.3 is 0 Å². The van der Waals surface area contributed by atoms with Gasteiger partial charge in [-0.15, -0.1) is 0 Å². The molecule has 0 heterocycles. The first kappa shape index (κ1) is 25.9. The van der Waals surface area contributed by atoms with Crippen molar-refractivity contribution in [3.8, 4) is 0 Å². The highest BCUT2D eigenvalue weighted by Gasteiger charge is 2.04. The van der Waals surface area contributed by atoms with E-state index in [1.54, 1.807) is 7.11 Å². The summed E-state index contributed by atoms with van der Waals surface area (Å²) in [4.78, 5) is 0. The van der Waals surface area contributed by atoms with Crippen molar-refractivity contribution < 1.29 is 9.84 Å². The summed E-state index contributed by atoms with van der Waals surface area (Å²) >= 11 is 0. The molecule has 2 nitrogen and oxygen atoms in total. The van der Waals surface area contributed by atoms with Gasteiger partial charge in [-0.3, -0.25) is 0 Å². The minimum absolute atomic E-state index is 0.0417. The predicted molar refractivity (Wildman–Crippen MR) is 97.0 cm³/mol. The van der Waals surface area contributed by atoms with Crippen molar-refractivity contribution in [3.63, 3.8) is 0 Å². The van der Waals surface area contributed by atoms with Crippen LogP contribution in [0.1, 0.15) is 106 Å². The second kappa shape index (κ2) is 22.2. The van der Waals surface area contributed by atoms with Gasteiger partial charge in [-0.05, 0) is 27.2 Å². The molecule has 2 heteroatoms. The lowest BCUT2D eigenvalue weighted by atomic mass is 10.1. The number of hydrogen-bond acceptors (Lipinski definition) is 2. The van der Waals surface area contributed by atoms with Crippen molar-refractivity contribution in [2.75, 3.05) is 13.7 Å². The van der Waals surface area contributed by atoms with Crippen molar-refractivity contribution in [3.05, 3.63) is 0 Å². The van der Waals surface area contributed by atoms with Gasteiger partial charge in [0.1, 0.15) is 0 Å². The molecule has 0 spiro atoms. The van der Waals surface area contributed by atoms with Crippen LogP contribution in [0.3, 0.4) is 0 Å². The minimum atomic E-state index is 0.0417.